The molecule has 3 N–H and O–H groups in total. The van der Waals surface area contributed by atoms with E-state index in [1.807, 2.05) is 49.4 Å². The van der Waals surface area contributed by atoms with Crippen LogP contribution in [0.4, 0.5) is 5.82 Å². The Bertz CT molecular complexity index is 1060. The zero-order valence-corrected chi connectivity index (χ0v) is 14.0. The lowest BCUT2D eigenvalue weighted by Crippen LogP contribution is -2.04. The number of aryl methyl sites for hydroxylation is 1. The molecule has 0 aliphatic rings. The number of nitrogens with zero attached hydrogens (tertiary/aromatic N) is 2. The minimum Gasteiger partial charge on any atom is -0.388 e. The molecule has 1 atom stereocenters. The van der Waals surface area contributed by atoms with E-state index in [9.17, 15) is 5.11 Å². The molecular formula is C21H19N3O. The van der Waals surface area contributed by atoms with Gasteiger partial charge in [0.25, 0.3) is 0 Å². The van der Waals surface area contributed by atoms with Crippen molar-refractivity contribution in [2.24, 2.45) is 0 Å². The molecule has 0 bridgehead atoms. The first-order valence-electron chi connectivity index (χ1n) is 8.30. The Kier molecular flexibility index (Phi) is 3.82. The minimum absolute atomic E-state index is 0.421. The van der Waals surface area contributed by atoms with Gasteiger partial charge in [0.2, 0.25) is 0 Å². The van der Waals surface area contributed by atoms with E-state index in [4.69, 9.17) is 5.73 Å². The molecule has 0 fully saturated rings. The topological polar surface area (TPSA) is 72.0 Å². The zero-order chi connectivity index (χ0) is 17.4. The number of anilines is 1. The van der Waals surface area contributed by atoms with Crippen LogP contribution in [0.1, 0.15) is 22.8 Å². The molecule has 0 amide bonds. The Morgan fingerprint density at radius 3 is 2.68 bits per heavy atom. The quantitative estimate of drug-likeness (QED) is 0.558. The fourth-order valence-electron chi connectivity index (χ4n) is 3.30. The highest BCUT2D eigenvalue weighted by Gasteiger charge is 2.15. The van der Waals surface area contributed by atoms with Crippen LogP contribution >= 0.6 is 0 Å². The van der Waals surface area contributed by atoms with E-state index in [2.05, 4.69) is 22.1 Å². The number of aliphatic hydroxyl groups excluding tert-OH is 1. The summed E-state index contributed by atoms with van der Waals surface area (Å²) in [5, 5.41) is 12.6. The number of aromatic nitrogens is 2. The van der Waals surface area contributed by atoms with Crippen LogP contribution < -0.4 is 5.73 Å². The molecule has 25 heavy (non-hydrogen) atoms. The van der Waals surface area contributed by atoms with Gasteiger partial charge in [-0.2, -0.15) is 0 Å². The fourth-order valence-corrected chi connectivity index (χ4v) is 3.30. The average molecular weight is 329 g/mol. The van der Waals surface area contributed by atoms with E-state index in [1.54, 1.807) is 6.20 Å². The first-order chi connectivity index (χ1) is 12.1. The van der Waals surface area contributed by atoms with E-state index >= 15 is 0 Å². The summed E-state index contributed by atoms with van der Waals surface area (Å²) in [5.74, 6) is 0.421. The lowest BCUT2D eigenvalue weighted by atomic mass is 9.96. The van der Waals surface area contributed by atoms with Crippen molar-refractivity contribution in [1.82, 2.24) is 9.97 Å². The number of aliphatic hydroxyl groups is 1. The van der Waals surface area contributed by atoms with Crippen molar-refractivity contribution in [2.45, 2.75) is 19.4 Å². The van der Waals surface area contributed by atoms with Crippen molar-refractivity contribution in [3.05, 3.63) is 77.5 Å². The Morgan fingerprint density at radius 2 is 1.88 bits per heavy atom. The maximum atomic E-state index is 10.7. The lowest BCUT2D eigenvalue weighted by Gasteiger charge is -2.15. The van der Waals surface area contributed by atoms with Crippen LogP contribution in [0.5, 0.6) is 0 Å². The Balaban J connectivity index is 1.90. The summed E-state index contributed by atoms with van der Waals surface area (Å²) >= 11 is 0. The molecule has 0 spiro atoms. The van der Waals surface area contributed by atoms with E-state index in [0.29, 0.717) is 17.8 Å². The molecule has 4 aromatic rings. The van der Waals surface area contributed by atoms with Crippen molar-refractivity contribution in [2.75, 3.05) is 5.73 Å². The highest BCUT2D eigenvalue weighted by Crippen LogP contribution is 2.32. The summed E-state index contributed by atoms with van der Waals surface area (Å²) in [4.78, 5) is 8.92. The molecule has 0 aliphatic carbocycles. The van der Waals surface area contributed by atoms with Gasteiger partial charge >= 0.3 is 0 Å². The smallest absolute Gasteiger partial charge is 0.150 e. The number of hydrogen-bond donors (Lipinski definition) is 2. The molecule has 0 aliphatic heterocycles. The van der Waals surface area contributed by atoms with Crippen molar-refractivity contribution < 1.29 is 5.11 Å². The number of fused-ring (bicyclic) bond motifs is 3. The molecule has 4 rings (SSSR count). The predicted molar refractivity (Wildman–Crippen MR) is 101 cm³/mol. The predicted octanol–water partition coefficient (Wildman–Crippen LogP) is 3.95. The Hall–Kier alpha value is -2.98. The number of benzene rings is 2. The van der Waals surface area contributed by atoms with Gasteiger partial charge in [-0.3, -0.25) is 4.98 Å². The van der Waals surface area contributed by atoms with Crippen LogP contribution in [-0.4, -0.2) is 15.1 Å². The molecule has 124 valence electrons. The SMILES string of the molecule is Cc1ccc2c(c1)nc(N)c1nccc(CC(O)c3ccccc3)c12. The number of rotatable bonds is 3. The van der Waals surface area contributed by atoms with Gasteiger partial charge < -0.3 is 10.8 Å². The van der Waals surface area contributed by atoms with Crippen LogP contribution in [0.3, 0.4) is 0 Å². The van der Waals surface area contributed by atoms with Gasteiger partial charge in [0.15, 0.2) is 5.82 Å². The number of nitrogens with two attached hydrogens (primary N) is 1. The molecule has 0 saturated carbocycles. The summed E-state index contributed by atoms with van der Waals surface area (Å²) in [6.45, 7) is 2.03. The van der Waals surface area contributed by atoms with Crippen LogP contribution in [-0.2, 0) is 6.42 Å². The second-order valence-electron chi connectivity index (χ2n) is 6.34. The van der Waals surface area contributed by atoms with Gasteiger partial charge in [-0.05, 0) is 35.7 Å². The highest BCUT2D eigenvalue weighted by molar-refractivity contribution is 6.09. The molecule has 1 unspecified atom stereocenters. The normalized spacial score (nSPS) is 12.6. The maximum absolute atomic E-state index is 10.7. The molecule has 4 nitrogen and oxygen atoms in total. The molecule has 4 heteroatoms. The molecule has 2 aromatic carbocycles. The summed E-state index contributed by atoms with van der Waals surface area (Å²) in [7, 11) is 0. The number of pyridine rings is 2. The summed E-state index contributed by atoms with van der Waals surface area (Å²) < 4.78 is 0. The standard InChI is InChI=1S/C21H19N3O/c1-13-7-8-16-17(11-13)24-21(22)20-19(16)15(9-10-23-20)12-18(25)14-5-3-2-4-6-14/h2-11,18,25H,12H2,1H3,(H2,22,24). The van der Waals surface area contributed by atoms with Gasteiger partial charge in [0, 0.05) is 23.4 Å². The maximum Gasteiger partial charge on any atom is 0.150 e. The summed E-state index contributed by atoms with van der Waals surface area (Å²) in [6.07, 6.45) is 1.64. The summed E-state index contributed by atoms with van der Waals surface area (Å²) in [6, 6.07) is 17.8. The first kappa shape index (κ1) is 15.5. The fraction of sp³-hybridized carbons (Fsp3) is 0.143. The van der Waals surface area contributed by atoms with Gasteiger partial charge in [-0.1, -0.05) is 42.5 Å². The molecule has 2 heterocycles. The molecular weight excluding hydrogens is 310 g/mol. The second kappa shape index (κ2) is 6.15. The largest absolute Gasteiger partial charge is 0.388 e. The first-order valence-corrected chi connectivity index (χ1v) is 8.30. The third kappa shape index (κ3) is 2.81. The van der Waals surface area contributed by atoms with Crippen molar-refractivity contribution in [3.8, 4) is 0 Å². The third-order valence-electron chi connectivity index (χ3n) is 4.54. The van der Waals surface area contributed by atoms with Gasteiger partial charge in [-0.25, -0.2) is 4.98 Å². The van der Waals surface area contributed by atoms with E-state index in [0.717, 1.165) is 33.0 Å². The van der Waals surface area contributed by atoms with E-state index in [1.165, 1.54) is 0 Å². The van der Waals surface area contributed by atoms with Crippen LogP contribution in [0.15, 0.2) is 60.8 Å². The number of hydrogen-bond acceptors (Lipinski definition) is 4. The van der Waals surface area contributed by atoms with Crippen LogP contribution in [0.25, 0.3) is 21.8 Å². The monoisotopic (exact) mass is 329 g/mol. The molecule has 0 radical (unpaired) electrons. The van der Waals surface area contributed by atoms with Crippen LogP contribution in [0.2, 0.25) is 0 Å². The highest BCUT2D eigenvalue weighted by atomic mass is 16.3. The molecule has 2 aromatic heterocycles. The zero-order valence-electron chi connectivity index (χ0n) is 14.0. The van der Waals surface area contributed by atoms with Gasteiger partial charge in [-0.15, -0.1) is 0 Å². The van der Waals surface area contributed by atoms with E-state index in [-0.39, 0.29) is 0 Å². The van der Waals surface area contributed by atoms with E-state index < -0.39 is 6.10 Å². The Labute approximate surface area is 146 Å². The van der Waals surface area contributed by atoms with Crippen molar-refractivity contribution >= 4 is 27.6 Å². The number of nitrogen functional groups attached to an aromatic ring is 1. The Morgan fingerprint density at radius 1 is 1.08 bits per heavy atom. The molecule has 0 saturated heterocycles. The van der Waals surface area contributed by atoms with Gasteiger partial charge in [0.1, 0.15) is 5.52 Å². The minimum atomic E-state index is -0.582. The van der Waals surface area contributed by atoms with Gasteiger partial charge in [0.05, 0.1) is 11.6 Å². The third-order valence-corrected chi connectivity index (χ3v) is 4.54. The second-order valence-corrected chi connectivity index (χ2v) is 6.34. The summed E-state index contributed by atoms with van der Waals surface area (Å²) in [5.41, 5.74) is 10.7. The lowest BCUT2D eigenvalue weighted by molar-refractivity contribution is 0.179. The average Bonchev–Trinajstić information content (AvgIpc) is 2.62. The van der Waals surface area contributed by atoms with Crippen LogP contribution in [0, 0.1) is 6.92 Å². The van der Waals surface area contributed by atoms with Crippen molar-refractivity contribution in [1.29, 1.82) is 0 Å². The van der Waals surface area contributed by atoms with Crippen molar-refractivity contribution in [3.63, 3.8) is 0 Å².